The highest BCUT2D eigenvalue weighted by atomic mass is 32.2. The Balaban J connectivity index is 1.64. The number of thioether (sulfide) groups is 1. The number of nitrogens with zero attached hydrogens (tertiary/aromatic N) is 2. The third-order valence-electron chi connectivity index (χ3n) is 4.25. The Morgan fingerprint density at radius 2 is 1.92 bits per heavy atom. The van der Waals surface area contributed by atoms with Gasteiger partial charge in [-0.05, 0) is 49.6 Å². The summed E-state index contributed by atoms with van der Waals surface area (Å²) in [6.07, 6.45) is 6.04. The van der Waals surface area contributed by atoms with E-state index in [2.05, 4.69) is 10.4 Å². The zero-order valence-corrected chi connectivity index (χ0v) is 15.2. The number of hydrogen-bond acceptors (Lipinski definition) is 4. The predicted molar refractivity (Wildman–Crippen MR) is 101 cm³/mol. The Hall–Kier alpha value is -2.08. The number of aromatic nitrogens is 2. The molecular weight excluding hydrogens is 334 g/mol. The van der Waals surface area contributed by atoms with Crippen LogP contribution in [0.2, 0.25) is 0 Å². The first-order valence-corrected chi connectivity index (χ1v) is 9.70. The number of amides is 1. The number of rotatable bonds is 6. The van der Waals surface area contributed by atoms with Gasteiger partial charge in [-0.2, -0.15) is 5.10 Å². The fourth-order valence-corrected chi connectivity index (χ4v) is 4.20. The van der Waals surface area contributed by atoms with Crippen molar-refractivity contribution in [3.8, 4) is 0 Å². The van der Waals surface area contributed by atoms with Crippen LogP contribution in [0.25, 0.3) is 0 Å². The van der Waals surface area contributed by atoms with Crippen LogP contribution < -0.4 is 10.9 Å². The minimum absolute atomic E-state index is 0.188. The molecule has 1 aromatic heterocycles. The van der Waals surface area contributed by atoms with Gasteiger partial charge in [0.1, 0.15) is 5.69 Å². The lowest BCUT2D eigenvalue weighted by Gasteiger charge is -2.10. The van der Waals surface area contributed by atoms with E-state index in [1.54, 1.807) is 0 Å². The molecule has 2 aromatic rings. The van der Waals surface area contributed by atoms with Gasteiger partial charge in [-0.3, -0.25) is 9.59 Å². The summed E-state index contributed by atoms with van der Waals surface area (Å²) in [7, 11) is 0. The van der Waals surface area contributed by atoms with Crippen molar-refractivity contribution >= 4 is 23.4 Å². The second kappa shape index (κ2) is 8.34. The molecule has 6 heteroatoms. The average Bonchev–Trinajstić information content (AvgIpc) is 3.12. The molecule has 1 fully saturated rings. The van der Waals surface area contributed by atoms with Gasteiger partial charge in [-0.25, -0.2) is 4.68 Å². The molecule has 1 aromatic carbocycles. The number of benzene rings is 1. The van der Waals surface area contributed by atoms with E-state index in [0.29, 0.717) is 6.54 Å². The minimum Gasteiger partial charge on any atom is -0.321 e. The van der Waals surface area contributed by atoms with Gasteiger partial charge in [-0.15, -0.1) is 11.8 Å². The number of carbonyl (C=O) groups excluding carboxylic acids is 1. The number of hydrogen-bond donors (Lipinski definition) is 1. The second-order valence-corrected chi connectivity index (χ2v) is 7.66. The topological polar surface area (TPSA) is 64.0 Å². The van der Waals surface area contributed by atoms with Crippen LogP contribution in [0.15, 0.2) is 46.1 Å². The highest BCUT2D eigenvalue weighted by molar-refractivity contribution is 8.00. The summed E-state index contributed by atoms with van der Waals surface area (Å²) in [6.45, 7) is 2.47. The summed E-state index contributed by atoms with van der Waals surface area (Å²) in [5.74, 6) is -0.305. The van der Waals surface area contributed by atoms with Crippen molar-refractivity contribution in [3.63, 3.8) is 0 Å². The normalized spacial score (nSPS) is 14.6. The molecular formula is C19H23N3O2S. The van der Waals surface area contributed by atoms with Crippen LogP contribution in [-0.2, 0) is 6.54 Å². The third-order valence-corrected chi connectivity index (χ3v) is 5.60. The van der Waals surface area contributed by atoms with Gasteiger partial charge in [0.25, 0.3) is 11.5 Å². The van der Waals surface area contributed by atoms with Crippen LogP contribution >= 0.6 is 11.8 Å². The highest BCUT2D eigenvalue weighted by Crippen LogP contribution is 2.34. The van der Waals surface area contributed by atoms with Crippen molar-refractivity contribution in [1.29, 1.82) is 0 Å². The molecule has 1 aliphatic carbocycles. The van der Waals surface area contributed by atoms with E-state index in [4.69, 9.17) is 0 Å². The number of carbonyl (C=O) groups is 1. The van der Waals surface area contributed by atoms with Crippen molar-refractivity contribution in [2.45, 2.75) is 55.7 Å². The lowest BCUT2D eigenvalue weighted by molar-refractivity contribution is 0.102. The summed E-state index contributed by atoms with van der Waals surface area (Å²) < 4.78 is 1.33. The fourth-order valence-electron chi connectivity index (χ4n) is 2.95. The zero-order valence-electron chi connectivity index (χ0n) is 14.4. The predicted octanol–water partition coefficient (Wildman–Crippen LogP) is 3.94. The Morgan fingerprint density at radius 1 is 1.20 bits per heavy atom. The van der Waals surface area contributed by atoms with Crippen molar-refractivity contribution in [1.82, 2.24) is 9.78 Å². The molecule has 0 spiro atoms. The molecule has 1 saturated carbocycles. The molecule has 1 aliphatic rings. The second-order valence-electron chi connectivity index (χ2n) is 6.28. The smallest absolute Gasteiger partial charge is 0.276 e. The Morgan fingerprint density at radius 3 is 2.60 bits per heavy atom. The van der Waals surface area contributed by atoms with E-state index in [1.807, 2.05) is 43.0 Å². The first-order valence-electron chi connectivity index (χ1n) is 8.82. The van der Waals surface area contributed by atoms with Gasteiger partial charge in [0.2, 0.25) is 0 Å². The summed E-state index contributed by atoms with van der Waals surface area (Å²) in [5, 5.41) is 7.70. The Bertz CT molecular complexity index is 780. The van der Waals surface area contributed by atoms with E-state index in [9.17, 15) is 9.59 Å². The lowest BCUT2D eigenvalue weighted by atomic mass is 10.3. The van der Waals surface area contributed by atoms with E-state index in [0.717, 1.165) is 17.4 Å². The van der Waals surface area contributed by atoms with Crippen molar-refractivity contribution < 1.29 is 4.79 Å². The Labute approximate surface area is 151 Å². The Kier molecular flexibility index (Phi) is 5.91. The standard InChI is InChI=1S/C19H23N3O2S/c1-2-13-22-18(23)12-11-17(21-22)19(24)20-14-7-9-16(10-8-14)25-15-5-3-4-6-15/h7-12,15H,2-6,13H2,1H3,(H,20,24). The molecule has 132 valence electrons. The molecule has 1 N–H and O–H groups in total. The molecule has 1 amide bonds. The van der Waals surface area contributed by atoms with Gasteiger partial charge in [0.15, 0.2) is 0 Å². The highest BCUT2D eigenvalue weighted by Gasteiger charge is 2.16. The van der Waals surface area contributed by atoms with Gasteiger partial charge >= 0.3 is 0 Å². The van der Waals surface area contributed by atoms with Crippen LogP contribution in [0, 0.1) is 0 Å². The summed E-state index contributed by atoms with van der Waals surface area (Å²) in [4.78, 5) is 25.3. The maximum Gasteiger partial charge on any atom is 0.276 e. The molecule has 0 saturated heterocycles. The summed E-state index contributed by atoms with van der Waals surface area (Å²) in [6, 6.07) is 10.8. The monoisotopic (exact) mass is 357 g/mol. The number of nitrogens with one attached hydrogen (secondary N) is 1. The van der Waals surface area contributed by atoms with E-state index >= 15 is 0 Å². The molecule has 3 rings (SSSR count). The largest absolute Gasteiger partial charge is 0.321 e. The molecule has 25 heavy (non-hydrogen) atoms. The first kappa shape index (κ1) is 17.7. The van der Waals surface area contributed by atoms with Crippen LogP contribution in [-0.4, -0.2) is 20.9 Å². The molecule has 1 heterocycles. The molecule has 5 nitrogen and oxygen atoms in total. The van der Waals surface area contributed by atoms with Crippen molar-refractivity contribution in [2.24, 2.45) is 0 Å². The van der Waals surface area contributed by atoms with Gasteiger partial charge in [0.05, 0.1) is 0 Å². The molecule has 0 bridgehead atoms. The minimum atomic E-state index is -0.305. The molecule has 0 unspecified atom stereocenters. The fraction of sp³-hybridized carbons (Fsp3) is 0.421. The molecule has 0 radical (unpaired) electrons. The van der Waals surface area contributed by atoms with Crippen LogP contribution in [0.1, 0.15) is 49.5 Å². The molecule has 0 aliphatic heterocycles. The van der Waals surface area contributed by atoms with E-state index in [1.165, 1.54) is 47.4 Å². The maximum absolute atomic E-state index is 12.4. The quantitative estimate of drug-likeness (QED) is 0.850. The van der Waals surface area contributed by atoms with Gasteiger partial charge in [-0.1, -0.05) is 19.8 Å². The number of anilines is 1. The van der Waals surface area contributed by atoms with Gasteiger partial charge in [0, 0.05) is 28.4 Å². The third kappa shape index (κ3) is 4.72. The van der Waals surface area contributed by atoms with Crippen molar-refractivity contribution in [2.75, 3.05) is 5.32 Å². The lowest BCUT2D eigenvalue weighted by Crippen LogP contribution is -2.26. The summed E-state index contributed by atoms with van der Waals surface area (Å²) >= 11 is 1.92. The molecule has 0 atom stereocenters. The van der Waals surface area contributed by atoms with E-state index in [-0.39, 0.29) is 17.2 Å². The van der Waals surface area contributed by atoms with E-state index < -0.39 is 0 Å². The summed E-state index contributed by atoms with van der Waals surface area (Å²) in [5.41, 5.74) is 0.792. The van der Waals surface area contributed by atoms with Crippen LogP contribution in [0.5, 0.6) is 0 Å². The van der Waals surface area contributed by atoms with Crippen LogP contribution in [0.3, 0.4) is 0 Å². The SMILES string of the molecule is CCCn1nc(C(=O)Nc2ccc(SC3CCCC3)cc2)ccc1=O. The van der Waals surface area contributed by atoms with Crippen molar-refractivity contribution in [3.05, 3.63) is 52.4 Å². The first-order chi connectivity index (χ1) is 12.2. The van der Waals surface area contributed by atoms with Gasteiger partial charge < -0.3 is 5.32 Å². The average molecular weight is 357 g/mol. The van der Waals surface area contributed by atoms with Crippen LogP contribution in [0.4, 0.5) is 5.69 Å². The number of aryl methyl sites for hydroxylation is 1. The maximum atomic E-state index is 12.4. The zero-order chi connectivity index (χ0) is 17.6.